The normalized spacial score (nSPS) is 17.0. The standard InChI is InChI=1S/C15H14ClFN4O2S/c1-7-9-12(13(21(3)20-9)15(2)22-4-5-23-15)24-11(7)10-8(17)6-18-14(16)19-10/h6H,4-5H2,1-3H3. The second-order valence-electron chi connectivity index (χ2n) is 5.68. The second-order valence-corrected chi connectivity index (χ2v) is 7.04. The fourth-order valence-corrected chi connectivity index (χ4v) is 4.55. The number of thiophene rings is 1. The van der Waals surface area contributed by atoms with E-state index in [4.69, 9.17) is 21.1 Å². The van der Waals surface area contributed by atoms with Crippen molar-refractivity contribution in [3.05, 3.63) is 28.6 Å². The van der Waals surface area contributed by atoms with Gasteiger partial charge in [0, 0.05) is 7.05 Å². The summed E-state index contributed by atoms with van der Waals surface area (Å²) in [5.41, 5.74) is 2.62. The van der Waals surface area contributed by atoms with Crippen molar-refractivity contribution in [2.45, 2.75) is 19.6 Å². The summed E-state index contributed by atoms with van der Waals surface area (Å²) in [4.78, 5) is 8.38. The van der Waals surface area contributed by atoms with Crippen LogP contribution in [-0.4, -0.2) is 33.0 Å². The number of aryl methyl sites for hydroxylation is 2. The molecule has 0 spiro atoms. The Morgan fingerprint density at radius 2 is 2.08 bits per heavy atom. The van der Waals surface area contributed by atoms with Crippen LogP contribution in [0.4, 0.5) is 4.39 Å². The van der Waals surface area contributed by atoms with Crippen molar-refractivity contribution in [2.75, 3.05) is 13.2 Å². The molecule has 9 heteroatoms. The highest BCUT2D eigenvalue weighted by molar-refractivity contribution is 7.22. The van der Waals surface area contributed by atoms with Gasteiger partial charge in [-0.2, -0.15) is 5.10 Å². The lowest BCUT2D eigenvalue weighted by atomic mass is 10.1. The Morgan fingerprint density at radius 3 is 2.79 bits per heavy atom. The molecule has 1 aliphatic rings. The molecular formula is C15H14ClFN4O2S. The summed E-state index contributed by atoms with van der Waals surface area (Å²) < 4.78 is 28.4. The van der Waals surface area contributed by atoms with Crippen LogP contribution in [0.1, 0.15) is 18.2 Å². The molecule has 0 unspecified atom stereocenters. The van der Waals surface area contributed by atoms with E-state index >= 15 is 0 Å². The maximum absolute atomic E-state index is 14.2. The van der Waals surface area contributed by atoms with E-state index in [9.17, 15) is 4.39 Å². The van der Waals surface area contributed by atoms with Crippen molar-refractivity contribution in [3.63, 3.8) is 0 Å². The molecule has 1 saturated heterocycles. The fourth-order valence-electron chi connectivity index (χ4n) is 3.01. The van der Waals surface area contributed by atoms with Gasteiger partial charge in [0.25, 0.3) is 0 Å². The van der Waals surface area contributed by atoms with Gasteiger partial charge in [0.1, 0.15) is 16.9 Å². The smallest absolute Gasteiger partial charge is 0.223 e. The van der Waals surface area contributed by atoms with Crippen LogP contribution in [-0.2, 0) is 22.3 Å². The highest BCUT2D eigenvalue weighted by atomic mass is 35.5. The number of aromatic nitrogens is 4. The lowest BCUT2D eigenvalue weighted by Gasteiger charge is -2.22. The van der Waals surface area contributed by atoms with E-state index in [1.807, 2.05) is 20.9 Å². The van der Waals surface area contributed by atoms with Gasteiger partial charge in [0.15, 0.2) is 5.82 Å². The molecule has 24 heavy (non-hydrogen) atoms. The van der Waals surface area contributed by atoms with Gasteiger partial charge in [0.05, 0.1) is 29.0 Å². The average Bonchev–Trinajstić information content (AvgIpc) is 3.18. The summed E-state index contributed by atoms with van der Waals surface area (Å²) >= 11 is 7.23. The van der Waals surface area contributed by atoms with Crippen LogP contribution in [0.3, 0.4) is 0 Å². The monoisotopic (exact) mass is 368 g/mol. The third-order valence-electron chi connectivity index (χ3n) is 4.10. The molecule has 3 aromatic rings. The van der Waals surface area contributed by atoms with Crippen molar-refractivity contribution in [1.82, 2.24) is 19.7 Å². The van der Waals surface area contributed by atoms with E-state index in [0.29, 0.717) is 18.1 Å². The summed E-state index contributed by atoms with van der Waals surface area (Å²) in [6.07, 6.45) is 1.08. The maximum atomic E-state index is 14.2. The third kappa shape index (κ3) is 2.25. The average molecular weight is 369 g/mol. The minimum absolute atomic E-state index is 0.00652. The van der Waals surface area contributed by atoms with Gasteiger partial charge in [0.2, 0.25) is 11.1 Å². The number of rotatable bonds is 2. The van der Waals surface area contributed by atoms with E-state index in [2.05, 4.69) is 15.1 Å². The number of fused-ring (bicyclic) bond motifs is 1. The molecule has 0 aromatic carbocycles. The Morgan fingerprint density at radius 1 is 1.38 bits per heavy atom. The molecule has 0 N–H and O–H groups in total. The zero-order valence-electron chi connectivity index (χ0n) is 13.3. The Labute approximate surface area is 146 Å². The minimum atomic E-state index is -0.861. The van der Waals surface area contributed by atoms with Crippen LogP contribution in [0.15, 0.2) is 6.20 Å². The van der Waals surface area contributed by atoms with Crippen LogP contribution in [0, 0.1) is 12.7 Å². The fraction of sp³-hybridized carbons (Fsp3) is 0.400. The molecule has 0 amide bonds. The predicted molar refractivity (Wildman–Crippen MR) is 88.6 cm³/mol. The minimum Gasteiger partial charge on any atom is -0.342 e. The molecule has 126 valence electrons. The summed E-state index contributed by atoms with van der Waals surface area (Å²) in [6, 6.07) is 0. The quantitative estimate of drug-likeness (QED) is 0.649. The van der Waals surface area contributed by atoms with Crippen LogP contribution in [0.2, 0.25) is 5.28 Å². The molecule has 4 rings (SSSR count). The van der Waals surface area contributed by atoms with Gasteiger partial charge in [-0.15, -0.1) is 11.3 Å². The van der Waals surface area contributed by atoms with Crippen molar-refractivity contribution < 1.29 is 13.9 Å². The highest BCUT2D eigenvalue weighted by Crippen LogP contribution is 2.44. The predicted octanol–water partition coefficient (Wildman–Crippen LogP) is 3.41. The van der Waals surface area contributed by atoms with Gasteiger partial charge < -0.3 is 9.47 Å². The van der Waals surface area contributed by atoms with Crippen molar-refractivity contribution in [2.24, 2.45) is 7.05 Å². The zero-order valence-corrected chi connectivity index (χ0v) is 14.8. The molecule has 0 radical (unpaired) electrons. The largest absolute Gasteiger partial charge is 0.342 e. The van der Waals surface area contributed by atoms with Crippen molar-refractivity contribution in [1.29, 1.82) is 0 Å². The number of hydrogen-bond acceptors (Lipinski definition) is 6. The van der Waals surface area contributed by atoms with Gasteiger partial charge in [-0.25, -0.2) is 14.4 Å². The second kappa shape index (κ2) is 5.45. The Bertz CT molecular complexity index is 949. The number of halogens is 2. The van der Waals surface area contributed by atoms with E-state index in [1.54, 1.807) is 4.68 Å². The zero-order chi connectivity index (χ0) is 17.1. The van der Waals surface area contributed by atoms with Gasteiger partial charge in [-0.3, -0.25) is 4.68 Å². The SMILES string of the molecule is Cc1c(-c2nc(Cl)ncc2F)sc2c(C3(C)OCCO3)n(C)nc12. The van der Waals surface area contributed by atoms with Crippen LogP contribution < -0.4 is 0 Å². The van der Waals surface area contributed by atoms with Crippen molar-refractivity contribution in [3.8, 4) is 10.6 Å². The first-order chi connectivity index (χ1) is 11.4. The molecule has 6 nitrogen and oxygen atoms in total. The lowest BCUT2D eigenvalue weighted by molar-refractivity contribution is -0.153. The Hall–Kier alpha value is -1.61. The summed E-state index contributed by atoms with van der Waals surface area (Å²) in [5, 5.41) is 4.58. The number of nitrogens with zero attached hydrogens (tertiary/aromatic N) is 4. The first-order valence-electron chi connectivity index (χ1n) is 7.33. The molecule has 0 atom stereocenters. The van der Waals surface area contributed by atoms with Crippen molar-refractivity contribution >= 4 is 33.2 Å². The molecule has 3 aromatic heterocycles. The van der Waals surface area contributed by atoms with Crippen LogP contribution >= 0.6 is 22.9 Å². The first kappa shape index (κ1) is 15.9. The first-order valence-corrected chi connectivity index (χ1v) is 8.53. The summed E-state index contributed by atoms with van der Waals surface area (Å²) in [7, 11) is 1.85. The molecule has 0 bridgehead atoms. The summed E-state index contributed by atoms with van der Waals surface area (Å²) in [5.74, 6) is -1.38. The summed E-state index contributed by atoms with van der Waals surface area (Å²) in [6.45, 7) is 4.81. The van der Waals surface area contributed by atoms with E-state index in [1.165, 1.54) is 11.3 Å². The van der Waals surface area contributed by atoms with E-state index < -0.39 is 11.6 Å². The van der Waals surface area contributed by atoms with E-state index in [0.717, 1.165) is 27.7 Å². The Kier molecular flexibility index (Phi) is 3.61. The molecule has 1 aliphatic heterocycles. The van der Waals surface area contributed by atoms with Gasteiger partial charge in [-0.1, -0.05) is 0 Å². The van der Waals surface area contributed by atoms with Gasteiger partial charge in [-0.05, 0) is 31.0 Å². The molecule has 4 heterocycles. The highest BCUT2D eigenvalue weighted by Gasteiger charge is 2.39. The van der Waals surface area contributed by atoms with Gasteiger partial charge >= 0.3 is 0 Å². The molecular weight excluding hydrogens is 355 g/mol. The van der Waals surface area contributed by atoms with Crippen LogP contribution in [0.5, 0.6) is 0 Å². The number of ether oxygens (including phenoxy) is 2. The van der Waals surface area contributed by atoms with E-state index in [-0.39, 0.29) is 11.0 Å². The number of hydrogen-bond donors (Lipinski definition) is 0. The molecule has 1 fully saturated rings. The molecule has 0 saturated carbocycles. The maximum Gasteiger partial charge on any atom is 0.223 e. The molecule has 0 aliphatic carbocycles. The topological polar surface area (TPSA) is 62.1 Å². The lowest BCUT2D eigenvalue weighted by Crippen LogP contribution is -2.25. The Balaban J connectivity index is 1.96. The van der Waals surface area contributed by atoms with Crippen LogP contribution in [0.25, 0.3) is 20.8 Å². The third-order valence-corrected chi connectivity index (χ3v) is 5.58.